The molecule has 0 unspecified atom stereocenters. The molecule has 0 N–H and O–H groups in total. The number of ether oxygens (including phenoxy) is 2. The SMILES string of the molecule is FC(F)(F)C(c1ccc(Oc2ccccc2)cc1)(c1ccc(Oc2ccccc2)cc1)C(F)(F)F.FC(F)(F)C(c1ccccc1)(c1ccccc1)C(F)(F)F. The Bertz CT molecular complexity index is 1960. The zero-order valence-corrected chi connectivity index (χ0v) is 28.5. The van der Waals surface area contributed by atoms with E-state index >= 15 is 0 Å². The molecule has 0 bridgehead atoms. The van der Waals surface area contributed by atoms with Crippen LogP contribution in [-0.4, -0.2) is 24.7 Å². The predicted molar refractivity (Wildman–Crippen MR) is 185 cm³/mol. The first kappa shape index (κ1) is 41.2. The Balaban J connectivity index is 0.000000244. The van der Waals surface area contributed by atoms with E-state index in [9.17, 15) is 52.7 Å². The molecular weight excluding hydrogens is 764 g/mol. The van der Waals surface area contributed by atoms with Gasteiger partial charge in [-0.1, -0.05) is 121 Å². The van der Waals surface area contributed by atoms with Crippen molar-refractivity contribution in [3.8, 4) is 23.0 Å². The van der Waals surface area contributed by atoms with Crippen LogP contribution in [-0.2, 0) is 10.8 Å². The third-order valence-electron chi connectivity index (χ3n) is 8.65. The highest BCUT2D eigenvalue weighted by Gasteiger charge is 2.73. The lowest BCUT2D eigenvalue weighted by molar-refractivity contribution is -0.290. The van der Waals surface area contributed by atoms with Gasteiger partial charge in [0, 0.05) is 0 Å². The minimum atomic E-state index is -5.69. The molecule has 6 aromatic rings. The lowest BCUT2D eigenvalue weighted by Gasteiger charge is -2.38. The fourth-order valence-corrected chi connectivity index (χ4v) is 6.14. The van der Waals surface area contributed by atoms with E-state index in [1.54, 1.807) is 60.7 Å². The Labute approximate surface area is 312 Å². The van der Waals surface area contributed by atoms with Gasteiger partial charge in [0.1, 0.15) is 23.0 Å². The molecule has 14 heteroatoms. The Morgan fingerprint density at radius 1 is 0.232 bits per heavy atom. The first-order chi connectivity index (χ1) is 26.3. The summed E-state index contributed by atoms with van der Waals surface area (Å²) >= 11 is 0. The van der Waals surface area contributed by atoms with Gasteiger partial charge in [-0.3, -0.25) is 0 Å². The van der Waals surface area contributed by atoms with Gasteiger partial charge in [-0.05, 0) is 70.8 Å². The maximum Gasteiger partial charge on any atom is 0.411 e. The second-order valence-corrected chi connectivity index (χ2v) is 12.1. The fraction of sp³-hybridized carbons (Fsp3) is 0.143. The Hall–Kier alpha value is -5.92. The Morgan fingerprint density at radius 2 is 0.429 bits per heavy atom. The monoisotopic (exact) mass is 792 g/mol. The second kappa shape index (κ2) is 16.0. The maximum absolute atomic E-state index is 14.4. The highest BCUT2D eigenvalue weighted by molar-refractivity contribution is 5.48. The van der Waals surface area contributed by atoms with Crippen LogP contribution in [0.25, 0.3) is 0 Å². The molecule has 6 aromatic carbocycles. The van der Waals surface area contributed by atoms with Crippen molar-refractivity contribution >= 4 is 0 Å². The van der Waals surface area contributed by atoms with Crippen LogP contribution in [0, 0.1) is 0 Å². The van der Waals surface area contributed by atoms with Crippen LogP contribution in [0.4, 0.5) is 52.7 Å². The zero-order chi connectivity index (χ0) is 40.8. The number of halogens is 12. The van der Waals surface area contributed by atoms with Crippen LogP contribution in [0.5, 0.6) is 23.0 Å². The Kier molecular flexibility index (Phi) is 11.8. The van der Waals surface area contributed by atoms with Crippen LogP contribution in [0.1, 0.15) is 22.3 Å². The van der Waals surface area contributed by atoms with Crippen molar-refractivity contribution in [1.29, 1.82) is 0 Å². The molecule has 0 radical (unpaired) electrons. The molecule has 0 aliphatic rings. The molecule has 0 aromatic heterocycles. The summed E-state index contributed by atoms with van der Waals surface area (Å²) in [5.41, 5.74) is -11.9. The van der Waals surface area contributed by atoms with Gasteiger partial charge in [-0.2, -0.15) is 52.7 Å². The molecule has 0 amide bonds. The first-order valence-corrected chi connectivity index (χ1v) is 16.4. The zero-order valence-electron chi connectivity index (χ0n) is 28.5. The second-order valence-electron chi connectivity index (χ2n) is 12.1. The lowest BCUT2D eigenvalue weighted by Crippen LogP contribution is -2.54. The standard InChI is InChI=1S/C27H18F6O2.C15H10F6/c28-26(29,30)25(27(31,32)33,19-11-15-23(16-12-19)34-21-7-3-1-4-8-21)20-13-17-24(18-14-20)35-22-9-5-2-6-10-22;16-14(17,18)13(15(19,20)21,11-7-3-1-4-8-11)12-9-5-2-6-10-12/h1-18H;1-10H. The highest BCUT2D eigenvalue weighted by Crippen LogP contribution is 2.57. The van der Waals surface area contributed by atoms with Gasteiger partial charge in [0.15, 0.2) is 0 Å². The average Bonchev–Trinajstić information content (AvgIpc) is 3.13. The van der Waals surface area contributed by atoms with Crippen LogP contribution < -0.4 is 9.47 Å². The molecule has 292 valence electrons. The molecule has 56 heavy (non-hydrogen) atoms. The molecule has 0 atom stereocenters. The molecule has 6 rings (SSSR count). The number of benzene rings is 6. The van der Waals surface area contributed by atoms with Gasteiger partial charge >= 0.3 is 24.7 Å². The number of rotatable bonds is 8. The summed E-state index contributed by atoms with van der Waals surface area (Å²) in [5, 5.41) is 0. The fourth-order valence-electron chi connectivity index (χ4n) is 6.14. The van der Waals surface area contributed by atoms with E-state index in [4.69, 9.17) is 9.47 Å². The van der Waals surface area contributed by atoms with Crippen molar-refractivity contribution in [2.24, 2.45) is 0 Å². The summed E-state index contributed by atoms with van der Waals surface area (Å²) in [4.78, 5) is 0. The predicted octanol–water partition coefficient (Wildman–Crippen LogP) is 13.8. The molecule has 0 aliphatic heterocycles. The third kappa shape index (κ3) is 8.19. The van der Waals surface area contributed by atoms with Crippen molar-refractivity contribution < 1.29 is 62.2 Å². The topological polar surface area (TPSA) is 18.5 Å². The smallest absolute Gasteiger partial charge is 0.411 e. The van der Waals surface area contributed by atoms with Gasteiger partial charge in [0.05, 0.1) is 0 Å². The van der Waals surface area contributed by atoms with E-state index in [0.29, 0.717) is 11.5 Å². The van der Waals surface area contributed by atoms with Gasteiger partial charge in [0.2, 0.25) is 10.8 Å². The molecule has 0 fully saturated rings. The summed E-state index contributed by atoms with van der Waals surface area (Å²) in [6.45, 7) is 0. The lowest BCUT2D eigenvalue weighted by atomic mass is 9.73. The number of hydrogen-bond donors (Lipinski definition) is 0. The van der Waals surface area contributed by atoms with Crippen LogP contribution in [0.15, 0.2) is 170 Å². The van der Waals surface area contributed by atoms with E-state index < -0.39 is 57.8 Å². The summed E-state index contributed by atoms with van der Waals surface area (Å²) in [5.74, 6) is 0.994. The van der Waals surface area contributed by atoms with E-state index in [0.717, 1.165) is 97.1 Å². The van der Waals surface area contributed by atoms with Crippen molar-refractivity contribution in [3.63, 3.8) is 0 Å². The minimum Gasteiger partial charge on any atom is -0.457 e. The van der Waals surface area contributed by atoms with E-state index in [1.807, 2.05) is 0 Å². The van der Waals surface area contributed by atoms with Gasteiger partial charge in [0.25, 0.3) is 0 Å². The molecule has 0 aliphatic carbocycles. The highest BCUT2D eigenvalue weighted by atomic mass is 19.4. The average molecular weight is 793 g/mol. The minimum absolute atomic E-state index is 0.102. The Morgan fingerprint density at radius 3 is 0.661 bits per heavy atom. The normalized spacial score (nSPS) is 12.6. The van der Waals surface area contributed by atoms with Crippen molar-refractivity contribution in [1.82, 2.24) is 0 Å². The molecule has 2 nitrogen and oxygen atoms in total. The largest absolute Gasteiger partial charge is 0.457 e. The summed E-state index contributed by atoms with van der Waals surface area (Å²) < 4.78 is 178. The van der Waals surface area contributed by atoms with Crippen LogP contribution in [0.3, 0.4) is 0 Å². The summed E-state index contributed by atoms with van der Waals surface area (Å²) in [6.07, 6.45) is -22.4. The molecule has 0 heterocycles. The van der Waals surface area contributed by atoms with Crippen molar-refractivity contribution in [2.75, 3.05) is 0 Å². The van der Waals surface area contributed by atoms with Gasteiger partial charge in [-0.15, -0.1) is 0 Å². The van der Waals surface area contributed by atoms with E-state index in [2.05, 4.69) is 0 Å². The van der Waals surface area contributed by atoms with Crippen molar-refractivity contribution in [3.05, 3.63) is 192 Å². The van der Waals surface area contributed by atoms with E-state index in [-0.39, 0.29) is 11.5 Å². The number of alkyl halides is 12. The maximum atomic E-state index is 14.4. The van der Waals surface area contributed by atoms with Gasteiger partial charge < -0.3 is 9.47 Å². The molecule has 0 saturated carbocycles. The summed E-state index contributed by atoms with van der Waals surface area (Å²) in [6, 6.07) is 34.9. The number of para-hydroxylation sites is 2. The molecule has 0 saturated heterocycles. The third-order valence-corrected chi connectivity index (χ3v) is 8.65. The van der Waals surface area contributed by atoms with Crippen molar-refractivity contribution in [2.45, 2.75) is 35.5 Å². The van der Waals surface area contributed by atoms with Crippen LogP contribution in [0.2, 0.25) is 0 Å². The quantitative estimate of drug-likeness (QED) is 0.143. The van der Waals surface area contributed by atoms with Gasteiger partial charge in [-0.25, -0.2) is 0 Å². The number of hydrogen-bond acceptors (Lipinski definition) is 2. The molecule has 0 spiro atoms. The first-order valence-electron chi connectivity index (χ1n) is 16.4. The van der Waals surface area contributed by atoms with Crippen LogP contribution >= 0.6 is 0 Å². The summed E-state index contributed by atoms with van der Waals surface area (Å²) in [7, 11) is 0. The molecular formula is C42H28F12O2. The van der Waals surface area contributed by atoms with E-state index in [1.165, 1.54) is 12.1 Å².